The van der Waals surface area contributed by atoms with Crippen LogP contribution < -0.4 is 4.90 Å². The van der Waals surface area contributed by atoms with Gasteiger partial charge < -0.3 is 5.11 Å². The molecule has 1 N–H and O–H groups in total. The Morgan fingerprint density at radius 1 is 1.25 bits per heavy atom. The van der Waals surface area contributed by atoms with Crippen LogP contribution in [0.5, 0.6) is 0 Å². The van der Waals surface area contributed by atoms with Crippen LogP contribution in [-0.4, -0.2) is 22.8 Å². The average Bonchev–Trinajstić information content (AvgIpc) is 2.81. The number of carbonyl (C=O) groups is 2. The molecule has 0 aromatic heterocycles. The molecule has 24 heavy (non-hydrogen) atoms. The Hall–Kier alpha value is -2.07. The molecule has 0 unspecified atom stereocenters. The lowest BCUT2D eigenvalue weighted by atomic mass is 9.78. The van der Waals surface area contributed by atoms with Crippen molar-refractivity contribution >= 4 is 29.0 Å². The SMILES string of the molecule is C=C1CCC([C@H]2C(C(C)=O)=C(O)C(=O)N2c2ccc(Cl)cc2)CC1. The fourth-order valence-corrected chi connectivity index (χ4v) is 3.82. The first-order chi connectivity index (χ1) is 11.4. The molecular formula is C19H20ClNO3. The number of anilines is 1. The number of nitrogens with zero attached hydrogens (tertiary/aromatic N) is 1. The Balaban J connectivity index is 2.03. The molecule has 1 fully saturated rings. The van der Waals surface area contributed by atoms with Crippen molar-refractivity contribution in [3.63, 3.8) is 0 Å². The van der Waals surface area contributed by atoms with Crippen LogP contribution in [0.4, 0.5) is 5.69 Å². The van der Waals surface area contributed by atoms with Crippen LogP contribution >= 0.6 is 11.6 Å². The summed E-state index contributed by atoms with van der Waals surface area (Å²) in [7, 11) is 0. The van der Waals surface area contributed by atoms with Gasteiger partial charge in [-0.1, -0.05) is 23.8 Å². The Kier molecular flexibility index (Phi) is 4.50. The second-order valence-electron chi connectivity index (χ2n) is 6.50. The van der Waals surface area contributed by atoms with Crippen LogP contribution in [0, 0.1) is 5.92 Å². The third kappa shape index (κ3) is 2.86. The highest BCUT2D eigenvalue weighted by molar-refractivity contribution is 6.30. The summed E-state index contributed by atoms with van der Waals surface area (Å²) in [5.74, 6) is -1.07. The summed E-state index contributed by atoms with van der Waals surface area (Å²) in [6, 6.07) is 6.46. The van der Waals surface area contributed by atoms with Crippen molar-refractivity contribution in [2.24, 2.45) is 5.92 Å². The lowest BCUT2D eigenvalue weighted by Gasteiger charge is -2.35. The molecule has 1 aliphatic heterocycles. The van der Waals surface area contributed by atoms with E-state index in [4.69, 9.17) is 11.6 Å². The van der Waals surface area contributed by atoms with Crippen LogP contribution in [0.15, 0.2) is 47.7 Å². The quantitative estimate of drug-likeness (QED) is 0.835. The van der Waals surface area contributed by atoms with Crippen LogP contribution in [-0.2, 0) is 9.59 Å². The van der Waals surface area contributed by atoms with Gasteiger partial charge in [-0.3, -0.25) is 14.5 Å². The minimum absolute atomic E-state index is 0.124. The molecule has 0 spiro atoms. The summed E-state index contributed by atoms with van der Waals surface area (Å²) in [5.41, 5.74) is 2.07. The number of allylic oxidation sites excluding steroid dienone is 1. The Labute approximate surface area is 146 Å². The fraction of sp³-hybridized carbons (Fsp3) is 0.368. The highest BCUT2D eigenvalue weighted by atomic mass is 35.5. The zero-order valence-corrected chi connectivity index (χ0v) is 14.3. The van der Waals surface area contributed by atoms with Gasteiger partial charge in [0.15, 0.2) is 11.5 Å². The molecule has 0 radical (unpaired) electrons. The standard InChI is InChI=1S/C19H20ClNO3/c1-11-3-5-13(6-4-11)17-16(12(2)22)18(23)19(24)21(17)15-9-7-14(20)8-10-15/h7-10,13,17,23H,1,3-6H2,2H3/t17-/m0/s1. The van der Waals surface area contributed by atoms with E-state index in [1.807, 2.05) is 0 Å². The van der Waals surface area contributed by atoms with Crippen LogP contribution in [0.1, 0.15) is 32.6 Å². The number of rotatable bonds is 3. The van der Waals surface area contributed by atoms with Crippen molar-refractivity contribution in [1.29, 1.82) is 0 Å². The predicted molar refractivity (Wildman–Crippen MR) is 94.2 cm³/mol. The van der Waals surface area contributed by atoms with Gasteiger partial charge in [-0.2, -0.15) is 0 Å². The smallest absolute Gasteiger partial charge is 0.294 e. The Bertz CT molecular complexity index is 725. The van der Waals surface area contributed by atoms with Gasteiger partial charge in [0.2, 0.25) is 0 Å². The number of ketones is 1. The molecule has 1 heterocycles. The zero-order valence-electron chi connectivity index (χ0n) is 13.6. The Morgan fingerprint density at radius 3 is 2.38 bits per heavy atom. The van der Waals surface area contributed by atoms with Crippen molar-refractivity contribution in [1.82, 2.24) is 0 Å². The van der Waals surface area contributed by atoms with Gasteiger partial charge in [-0.25, -0.2) is 0 Å². The van der Waals surface area contributed by atoms with E-state index in [9.17, 15) is 14.7 Å². The molecule has 1 aromatic rings. The van der Waals surface area contributed by atoms with Gasteiger partial charge in [-0.15, -0.1) is 0 Å². The summed E-state index contributed by atoms with van der Waals surface area (Å²) in [6.45, 7) is 5.42. The molecule has 1 atom stereocenters. The molecule has 126 valence electrons. The van der Waals surface area contributed by atoms with Crippen molar-refractivity contribution in [2.75, 3.05) is 4.90 Å². The van der Waals surface area contributed by atoms with Crippen molar-refractivity contribution < 1.29 is 14.7 Å². The van der Waals surface area contributed by atoms with E-state index in [-0.39, 0.29) is 17.3 Å². The van der Waals surface area contributed by atoms with E-state index >= 15 is 0 Å². The molecule has 5 heteroatoms. The molecule has 0 saturated heterocycles. The minimum atomic E-state index is -0.517. The number of carbonyl (C=O) groups excluding carboxylic acids is 2. The highest BCUT2D eigenvalue weighted by Gasteiger charge is 2.46. The molecule has 1 saturated carbocycles. The second-order valence-corrected chi connectivity index (χ2v) is 6.94. The molecular weight excluding hydrogens is 326 g/mol. The maximum Gasteiger partial charge on any atom is 0.294 e. The summed E-state index contributed by atoms with van der Waals surface area (Å²) in [5, 5.41) is 10.9. The zero-order chi connectivity index (χ0) is 17.4. The van der Waals surface area contributed by atoms with E-state index in [1.165, 1.54) is 12.5 Å². The highest BCUT2D eigenvalue weighted by Crippen LogP contribution is 2.41. The maximum atomic E-state index is 12.6. The van der Waals surface area contributed by atoms with Crippen molar-refractivity contribution in [3.8, 4) is 0 Å². The summed E-state index contributed by atoms with van der Waals surface area (Å²) in [6.07, 6.45) is 3.47. The first-order valence-electron chi connectivity index (χ1n) is 8.10. The number of Topliss-reactive ketones (excluding diaryl/α,β-unsaturated/α-hetero) is 1. The molecule has 1 aliphatic carbocycles. The fourth-order valence-electron chi connectivity index (χ4n) is 3.69. The topological polar surface area (TPSA) is 57.6 Å². The number of amides is 1. The van der Waals surface area contributed by atoms with Crippen LogP contribution in [0.3, 0.4) is 0 Å². The average molecular weight is 346 g/mol. The van der Waals surface area contributed by atoms with E-state index in [2.05, 4.69) is 6.58 Å². The molecule has 0 bridgehead atoms. The minimum Gasteiger partial charge on any atom is -0.503 e. The summed E-state index contributed by atoms with van der Waals surface area (Å²) in [4.78, 5) is 26.3. The second kappa shape index (κ2) is 6.44. The van der Waals surface area contributed by atoms with Gasteiger partial charge in [0, 0.05) is 10.7 Å². The van der Waals surface area contributed by atoms with E-state index in [0.29, 0.717) is 10.7 Å². The number of benzene rings is 1. The Morgan fingerprint density at radius 2 is 1.83 bits per heavy atom. The van der Waals surface area contributed by atoms with E-state index in [1.54, 1.807) is 29.2 Å². The van der Waals surface area contributed by atoms with Crippen molar-refractivity contribution in [3.05, 3.63) is 52.8 Å². The molecule has 1 aromatic carbocycles. The summed E-state index contributed by atoms with van der Waals surface area (Å²) < 4.78 is 0. The molecule has 4 nitrogen and oxygen atoms in total. The van der Waals surface area contributed by atoms with Crippen molar-refractivity contribution in [2.45, 2.75) is 38.6 Å². The molecule has 3 rings (SSSR count). The monoisotopic (exact) mass is 345 g/mol. The van der Waals surface area contributed by atoms with E-state index in [0.717, 1.165) is 25.7 Å². The predicted octanol–water partition coefficient (Wildman–Crippen LogP) is 4.20. The number of hydrogen-bond donors (Lipinski definition) is 1. The molecule has 2 aliphatic rings. The normalized spacial score (nSPS) is 22.4. The third-order valence-corrected chi connectivity index (χ3v) is 5.17. The van der Waals surface area contributed by atoms with Gasteiger partial charge in [0.1, 0.15) is 0 Å². The van der Waals surface area contributed by atoms with Gasteiger partial charge in [-0.05, 0) is 62.8 Å². The maximum absolute atomic E-state index is 12.6. The number of aliphatic hydroxyl groups is 1. The summed E-state index contributed by atoms with van der Waals surface area (Å²) >= 11 is 5.94. The first kappa shape index (κ1) is 16.8. The lowest BCUT2D eigenvalue weighted by Crippen LogP contribution is -2.42. The van der Waals surface area contributed by atoms with Gasteiger partial charge >= 0.3 is 0 Å². The third-order valence-electron chi connectivity index (χ3n) is 4.92. The van der Waals surface area contributed by atoms with Crippen LogP contribution in [0.25, 0.3) is 0 Å². The van der Waals surface area contributed by atoms with Crippen LogP contribution in [0.2, 0.25) is 5.02 Å². The van der Waals surface area contributed by atoms with Gasteiger partial charge in [0.25, 0.3) is 5.91 Å². The largest absolute Gasteiger partial charge is 0.503 e. The lowest BCUT2D eigenvalue weighted by molar-refractivity contribution is -0.117. The first-order valence-corrected chi connectivity index (χ1v) is 8.47. The van der Waals surface area contributed by atoms with Gasteiger partial charge in [0.05, 0.1) is 11.6 Å². The number of hydrogen-bond acceptors (Lipinski definition) is 3. The van der Waals surface area contributed by atoms with E-state index < -0.39 is 17.7 Å². The number of halogens is 1. The molecule has 1 amide bonds. The number of aliphatic hydroxyl groups excluding tert-OH is 1.